The van der Waals surface area contributed by atoms with Gasteiger partial charge in [-0.15, -0.1) is 0 Å². The minimum absolute atomic E-state index is 0.109. The van der Waals surface area contributed by atoms with Crippen molar-refractivity contribution in [2.75, 3.05) is 7.05 Å². The zero-order valence-electron chi connectivity index (χ0n) is 10.00. The highest BCUT2D eigenvalue weighted by Gasteiger charge is 2.17. The molecule has 1 heterocycles. The highest BCUT2D eigenvalue weighted by Crippen LogP contribution is 2.25. The van der Waals surface area contributed by atoms with E-state index in [1.54, 1.807) is 23.5 Å². The van der Waals surface area contributed by atoms with E-state index in [1.165, 1.54) is 5.56 Å². The second kappa shape index (κ2) is 5.75. The van der Waals surface area contributed by atoms with Gasteiger partial charge < -0.3 is 5.32 Å². The molecule has 0 aliphatic rings. The summed E-state index contributed by atoms with van der Waals surface area (Å²) >= 11 is 1.63. The first kappa shape index (κ1) is 12.7. The second-order valence-electron chi connectivity index (χ2n) is 3.99. The maximum Gasteiger partial charge on any atom is 0.272 e. The summed E-state index contributed by atoms with van der Waals surface area (Å²) < 4.78 is 0. The molecule has 1 N–H and O–H groups in total. The van der Waals surface area contributed by atoms with E-state index in [1.807, 2.05) is 30.6 Å². The SMILES string of the molecule is CNC(Cc1ccccc1[N+](=O)[O-])c1ccsc1. The van der Waals surface area contributed by atoms with E-state index in [4.69, 9.17) is 0 Å². The zero-order valence-corrected chi connectivity index (χ0v) is 10.8. The zero-order chi connectivity index (χ0) is 13.0. The van der Waals surface area contributed by atoms with Crippen LogP contribution in [0, 0.1) is 10.1 Å². The van der Waals surface area contributed by atoms with Crippen molar-refractivity contribution in [3.8, 4) is 0 Å². The van der Waals surface area contributed by atoms with Crippen LogP contribution in [0.5, 0.6) is 0 Å². The second-order valence-corrected chi connectivity index (χ2v) is 4.77. The van der Waals surface area contributed by atoms with Gasteiger partial charge in [-0.25, -0.2) is 0 Å². The molecular formula is C13H14N2O2S. The number of nitro benzene ring substituents is 1. The van der Waals surface area contributed by atoms with Gasteiger partial charge in [-0.1, -0.05) is 18.2 Å². The van der Waals surface area contributed by atoms with E-state index < -0.39 is 0 Å². The van der Waals surface area contributed by atoms with Crippen molar-refractivity contribution >= 4 is 17.0 Å². The van der Waals surface area contributed by atoms with Gasteiger partial charge in [0.15, 0.2) is 0 Å². The van der Waals surface area contributed by atoms with Crippen LogP contribution >= 0.6 is 11.3 Å². The number of para-hydroxylation sites is 1. The summed E-state index contributed by atoms with van der Waals surface area (Å²) in [6.45, 7) is 0. The molecule has 0 radical (unpaired) electrons. The van der Waals surface area contributed by atoms with Crippen LogP contribution in [0.15, 0.2) is 41.1 Å². The van der Waals surface area contributed by atoms with E-state index in [-0.39, 0.29) is 16.7 Å². The first-order chi connectivity index (χ1) is 8.72. The predicted octanol–water partition coefficient (Wildman–Crippen LogP) is 3.16. The number of hydrogen-bond acceptors (Lipinski definition) is 4. The maximum absolute atomic E-state index is 11.0. The molecule has 2 aromatic rings. The molecule has 0 aliphatic heterocycles. The number of likely N-dealkylation sites (N-methyl/N-ethyl adjacent to an activating group) is 1. The topological polar surface area (TPSA) is 55.2 Å². The number of nitro groups is 1. The Hall–Kier alpha value is -1.72. The third-order valence-corrected chi connectivity index (χ3v) is 3.61. The molecule has 0 aliphatic carbocycles. The fourth-order valence-corrected chi connectivity index (χ4v) is 2.66. The lowest BCUT2D eigenvalue weighted by Gasteiger charge is -2.14. The van der Waals surface area contributed by atoms with E-state index >= 15 is 0 Å². The van der Waals surface area contributed by atoms with Crippen molar-refractivity contribution in [2.45, 2.75) is 12.5 Å². The first-order valence-corrected chi connectivity index (χ1v) is 6.58. The molecule has 94 valence electrons. The van der Waals surface area contributed by atoms with Crippen LogP contribution in [0.2, 0.25) is 0 Å². The molecule has 1 aromatic heterocycles. The van der Waals surface area contributed by atoms with E-state index in [0.717, 1.165) is 5.56 Å². The molecule has 5 heteroatoms. The lowest BCUT2D eigenvalue weighted by molar-refractivity contribution is -0.385. The van der Waals surface area contributed by atoms with Gasteiger partial charge in [0.1, 0.15) is 0 Å². The van der Waals surface area contributed by atoms with E-state index in [0.29, 0.717) is 6.42 Å². The Morgan fingerprint density at radius 1 is 1.39 bits per heavy atom. The molecule has 4 nitrogen and oxygen atoms in total. The van der Waals surface area contributed by atoms with Gasteiger partial charge in [-0.05, 0) is 35.9 Å². The molecular weight excluding hydrogens is 248 g/mol. The lowest BCUT2D eigenvalue weighted by atomic mass is 10.00. The van der Waals surface area contributed by atoms with Crippen LogP contribution in [0.25, 0.3) is 0 Å². The van der Waals surface area contributed by atoms with E-state index in [2.05, 4.69) is 10.7 Å². The Balaban J connectivity index is 2.25. The van der Waals surface area contributed by atoms with Gasteiger partial charge in [0, 0.05) is 17.7 Å². The third kappa shape index (κ3) is 2.75. The minimum atomic E-state index is -0.324. The Labute approximate surface area is 109 Å². The number of benzene rings is 1. The summed E-state index contributed by atoms with van der Waals surface area (Å²) in [5, 5.41) is 18.2. The molecule has 0 fully saturated rings. The first-order valence-electron chi connectivity index (χ1n) is 5.64. The van der Waals surface area contributed by atoms with Crippen LogP contribution in [0.1, 0.15) is 17.2 Å². The normalized spacial score (nSPS) is 12.3. The number of nitrogens with zero attached hydrogens (tertiary/aromatic N) is 1. The van der Waals surface area contributed by atoms with Crippen LogP contribution in [-0.4, -0.2) is 12.0 Å². The summed E-state index contributed by atoms with van der Waals surface area (Å²) in [6.07, 6.45) is 0.615. The standard InChI is InChI=1S/C13H14N2O2S/c1-14-12(11-6-7-18-9-11)8-10-4-2-3-5-13(10)15(16)17/h2-7,9,12,14H,8H2,1H3. The van der Waals surface area contributed by atoms with Crippen molar-refractivity contribution in [2.24, 2.45) is 0 Å². The predicted molar refractivity (Wildman–Crippen MR) is 72.9 cm³/mol. The monoisotopic (exact) mass is 262 g/mol. The largest absolute Gasteiger partial charge is 0.313 e. The minimum Gasteiger partial charge on any atom is -0.313 e. The quantitative estimate of drug-likeness (QED) is 0.665. The Bertz CT molecular complexity index is 526. The molecule has 18 heavy (non-hydrogen) atoms. The number of rotatable bonds is 5. The highest BCUT2D eigenvalue weighted by atomic mass is 32.1. The molecule has 0 bridgehead atoms. The molecule has 0 saturated heterocycles. The highest BCUT2D eigenvalue weighted by molar-refractivity contribution is 7.07. The molecule has 0 saturated carbocycles. The Kier molecular flexibility index (Phi) is 4.07. The van der Waals surface area contributed by atoms with Crippen LogP contribution in [0.3, 0.4) is 0 Å². The lowest BCUT2D eigenvalue weighted by Crippen LogP contribution is -2.18. The third-order valence-electron chi connectivity index (χ3n) is 2.91. The Morgan fingerprint density at radius 2 is 2.17 bits per heavy atom. The van der Waals surface area contributed by atoms with Crippen molar-refractivity contribution in [3.05, 3.63) is 62.3 Å². The molecule has 0 spiro atoms. The summed E-state index contributed by atoms with van der Waals surface area (Å²) in [5.74, 6) is 0. The van der Waals surface area contributed by atoms with Crippen molar-refractivity contribution in [1.29, 1.82) is 0 Å². The summed E-state index contributed by atoms with van der Waals surface area (Å²) in [6, 6.07) is 9.05. The average molecular weight is 262 g/mol. The van der Waals surface area contributed by atoms with Gasteiger partial charge in [0.05, 0.1) is 4.92 Å². The maximum atomic E-state index is 11.0. The summed E-state index contributed by atoms with van der Waals surface area (Å²) in [4.78, 5) is 10.6. The summed E-state index contributed by atoms with van der Waals surface area (Å²) in [5.41, 5.74) is 2.11. The van der Waals surface area contributed by atoms with Crippen LogP contribution in [-0.2, 0) is 6.42 Å². The van der Waals surface area contributed by atoms with Gasteiger partial charge >= 0.3 is 0 Å². The fraction of sp³-hybridized carbons (Fsp3) is 0.231. The molecule has 1 atom stereocenters. The molecule has 1 aromatic carbocycles. The smallest absolute Gasteiger partial charge is 0.272 e. The Morgan fingerprint density at radius 3 is 2.78 bits per heavy atom. The summed E-state index contributed by atoms with van der Waals surface area (Å²) in [7, 11) is 1.87. The van der Waals surface area contributed by atoms with Crippen molar-refractivity contribution in [1.82, 2.24) is 5.32 Å². The fourth-order valence-electron chi connectivity index (χ4n) is 1.94. The number of hydrogen-bond donors (Lipinski definition) is 1. The average Bonchev–Trinajstić information content (AvgIpc) is 2.90. The van der Waals surface area contributed by atoms with Crippen molar-refractivity contribution < 1.29 is 4.92 Å². The van der Waals surface area contributed by atoms with Crippen LogP contribution in [0.4, 0.5) is 5.69 Å². The number of nitrogens with one attached hydrogen (secondary N) is 1. The van der Waals surface area contributed by atoms with Crippen molar-refractivity contribution in [3.63, 3.8) is 0 Å². The van der Waals surface area contributed by atoms with Gasteiger partial charge in [-0.3, -0.25) is 10.1 Å². The van der Waals surface area contributed by atoms with Gasteiger partial charge in [-0.2, -0.15) is 11.3 Å². The van der Waals surface area contributed by atoms with Crippen LogP contribution < -0.4 is 5.32 Å². The van der Waals surface area contributed by atoms with E-state index in [9.17, 15) is 10.1 Å². The van der Waals surface area contributed by atoms with Gasteiger partial charge in [0.2, 0.25) is 0 Å². The molecule has 1 unspecified atom stereocenters. The van der Waals surface area contributed by atoms with Gasteiger partial charge in [0.25, 0.3) is 5.69 Å². The molecule has 2 rings (SSSR count). The molecule has 0 amide bonds. The number of thiophene rings is 1.